The van der Waals surface area contributed by atoms with E-state index in [1.165, 1.54) is 6.07 Å². The van der Waals surface area contributed by atoms with E-state index in [0.717, 1.165) is 5.56 Å². The first-order chi connectivity index (χ1) is 8.69. The minimum Gasteiger partial charge on any atom is -0.364 e. The summed E-state index contributed by atoms with van der Waals surface area (Å²) < 4.78 is 13.6. The van der Waals surface area contributed by atoms with Gasteiger partial charge >= 0.3 is 0 Å². The van der Waals surface area contributed by atoms with Gasteiger partial charge in [0.05, 0.1) is 17.8 Å². The molecular weight excluding hydrogens is 231 g/mol. The second-order valence-electron chi connectivity index (χ2n) is 3.89. The topological polar surface area (TPSA) is 61.6 Å². The monoisotopic (exact) mass is 242 g/mol. The van der Waals surface area contributed by atoms with Gasteiger partial charge in [-0.1, -0.05) is 6.07 Å². The lowest BCUT2D eigenvalue weighted by molar-refractivity contribution is 0.612. The molecule has 0 spiro atoms. The lowest BCUT2D eigenvalue weighted by Crippen LogP contribution is -2.04. The SMILES string of the molecule is Cc1cnnc(NCc2ccc(C#N)cc2F)c1. The first kappa shape index (κ1) is 12.0. The smallest absolute Gasteiger partial charge is 0.149 e. The molecule has 0 bridgehead atoms. The van der Waals surface area contributed by atoms with Gasteiger partial charge < -0.3 is 5.32 Å². The maximum atomic E-state index is 13.6. The van der Waals surface area contributed by atoms with E-state index in [4.69, 9.17) is 5.26 Å². The van der Waals surface area contributed by atoms with Gasteiger partial charge in [0, 0.05) is 12.1 Å². The summed E-state index contributed by atoms with van der Waals surface area (Å²) in [6, 6.07) is 8.12. The summed E-state index contributed by atoms with van der Waals surface area (Å²) in [5.74, 6) is 0.195. The highest BCUT2D eigenvalue weighted by molar-refractivity contribution is 5.38. The molecule has 1 aromatic carbocycles. The van der Waals surface area contributed by atoms with E-state index in [9.17, 15) is 4.39 Å². The third-order valence-corrected chi connectivity index (χ3v) is 2.43. The van der Waals surface area contributed by atoms with Gasteiger partial charge in [0.25, 0.3) is 0 Å². The largest absolute Gasteiger partial charge is 0.364 e. The minimum absolute atomic E-state index is 0.301. The third kappa shape index (κ3) is 2.80. The Balaban J connectivity index is 2.09. The summed E-state index contributed by atoms with van der Waals surface area (Å²) in [5.41, 5.74) is 1.77. The summed E-state index contributed by atoms with van der Waals surface area (Å²) >= 11 is 0. The van der Waals surface area contributed by atoms with Crippen molar-refractivity contribution in [3.8, 4) is 6.07 Å². The molecule has 0 saturated carbocycles. The van der Waals surface area contributed by atoms with Crippen LogP contribution in [-0.4, -0.2) is 10.2 Å². The number of nitrogens with one attached hydrogen (secondary N) is 1. The van der Waals surface area contributed by atoms with Crippen LogP contribution in [0.3, 0.4) is 0 Å². The number of aromatic nitrogens is 2. The van der Waals surface area contributed by atoms with Crippen LogP contribution >= 0.6 is 0 Å². The Labute approximate surface area is 104 Å². The second kappa shape index (κ2) is 5.23. The predicted octanol–water partition coefficient (Wildman–Crippen LogP) is 2.41. The van der Waals surface area contributed by atoms with Gasteiger partial charge in [0.2, 0.25) is 0 Å². The molecule has 0 aliphatic rings. The van der Waals surface area contributed by atoms with E-state index in [2.05, 4.69) is 15.5 Å². The highest BCUT2D eigenvalue weighted by atomic mass is 19.1. The zero-order valence-corrected chi connectivity index (χ0v) is 9.81. The van der Waals surface area contributed by atoms with Crippen molar-refractivity contribution < 1.29 is 4.39 Å². The van der Waals surface area contributed by atoms with Gasteiger partial charge in [-0.15, -0.1) is 5.10 Å². The highest BCUT2D eigenvalue weighted by Crippen LogP contribution is 2.12. The molecule has 5 heteroatoms. The van der Waals surface area contributed by atoms with Crippen molar-refractivity contribution in [2.75, 3.05) is 5.32 Å². The van der Waals surface area contributed by atoms with Crippen LogP contribution in [0.25, 0.3) is 0 Å². The number of halogens is 1. The van der Waals surface area contributed by atoms with Crippen LogP contribution in [0.2, 0.25) is 0 Å². The Morgan fingerprint density at radius 3 is 2.89 bits per heavy atom. The molecule has 0 aliphatic heterocycles. The van der Waals surface area contributed by atoms with Crippen molar-refractivity contribution >= 4 is 5.82 Å². The van der Waals surface area contributed by atoms with E-state index >= 15 is 0 Å². The molecule has 2 rings (SSSR count). The van der Waals surface area contributed by atoms with E-state index in [1.807, 2.05) is 19.1 Å². The number of aryl methyl sites for hydroxylation is 1. The van der Waals surface area contributed by atoms with Crippen molar-refractivity contribution in [1.82, 2.24) is 10.2 Å². The number of nitrogens with zero attached hydrogens (tertiary/aromatic N) is 3. The number of benzene rings is 1. The number of hydrogen-bond donors (Lipinski definition) is 1. The van der Waals surface area contributed by atoms with E-state index in [-0.39, 0.29) is 0 Å². The summed E-state index contributed by atoms with van der Waals surface area (Å²) in [6.45, 7) is 2.21. The van der Waals surface area contributed by atoms with Crippen LogP contribution in [0, 0.1) is 24.1 Å². The fourth-order valence-corrected chi connectivity index (χ4v) is 1.50. The fourth-order valence-electron chi connectivity index (χ4n) is 1.50. The van der Waals surface area contributed by atoms with E-state index < -0.39 is 5.82 Å². The highest BCUT2D eigenvalue weighted by Gasteiger charge is 2.04. The lowest BCUT2D eigenvalue weighted by Gasteiger charge is -2.06. The number of nitriles is 1. The zero-order chi connectivity index (χ0) is 13.0. The van der Waals surface area contributed by atoms with Crippen LogP contribution in [-0.2, 0) is 6.54 Å². The molecule has 0 atom stereocenters. The Bertz CT molecular complexity index is 604. The maximum Gasteiger partial charge on any atom is 0.149 e. The Kier molecular flexibility index (Phi) is 3.49. The number of rotatable bonds is 3. The standard InChI is InChI=1S/C13H11FN4/c1-9-4-13(18-17-7-9)16-8-11-3-2-10(6-15)5-12(11)14/h2-5,7H,8H2,1H3,(H,16,18). The normalized spacial score (nSPS) is 9.83. The summed E-state index contributed by atoms with van der Waals surface area (Å²) in [5, 5.41) is 19.3. The quantitative estimate of drug-likeness (QED) is 0.897. The molecule has 1 heterocycles. The molecule has 0 radical (unpaired) electrons. The zero-order valence-electron chi connectivity index (χ0n) is 9.81. The Morgan fingerprint density at radius 1 is 1.39 bits per heavy atom. The first-order valence-corrected chi connectivity index (χ1v) is 5.41. The predicted molar refractivity (Wildman–Crippen MR) is 65.2 cm³/mol. The lowest BCUT2D eigenvalue weighted by atomic mass is 10.1. The summed E-state index contributed by atoms with van der Waals surface area (Å²) in [4.78, 5) is 0. The molecule has 1 aromatic heterocycles. The summed E-state index contributed by atoms with van der Waals surface area (Å²) in [7, 11) is 0. The van der Waals surface area contributed by atoms with Gasteiger partial charge in [-0.2, -0.15) is 10.4 Å². The number of hydrogen-bond acceptors (Lipinski definition) is 4. The Morgan fingerprint density at radius 2 is 2.22 bits per heavy atom. The molecule has 1 N–H and O–H groups in total. The van der Waals surface area contributed by atoms with Crippen LogP contribution in [0.15, 0.2) is 30.5 Å². The maximum absolute atomic E-state index is 13.6. The molecule has 2 aromatic rings. The van der Waals surface area contributed by atoms with E-state index in [0.29, 0.717) is 23.5 Å². The fraction of sp³-hybridized carbons (Fsp3) is 0.154. The molecule has 0 aliphatic carbocycles. The molecule has 0 fully saturated rings. The van der Waals surface area contributed by atoms with E-state index in [1.54, 1.807) is 18.3 Å². The van der Waals surface area contributed by atoms with Gasteiger partial charge in [0.15, 0.2) is 0 Å². The van der Waals surface area contributed by atoms with Crippen molar-refractivity contribution in [1.29, 1.82) is 5.26 Å². The van der Waals surface area contributed by atoms with Crippen molar-refractivity contribution in [2.24, 2.45) is 0 Å². The summed E-state index contributed by atoms with van der Waals surface area (Å²) in [6.07, 6.45) is 1.65. The molecule has 0 amide bonds. The van der Waals surface area contributed by atoms with Gasteiger partial charge in [0.1, 0.15) is 11.6 Å². The van der Waals surface area contributed by atoms with Crippen molar-refractivity contribution in [2.45, 2.75) is 13.5 Å². The van der Waals surface area contributed by atoms with Crippen molar-refractivity contribution in [3.63, 3.8) is 0 Å². The molecule has 0 saturated heterocycles. The van der Waals surface area contributed by atoms with Crippen LogP contribution < -0.4 is 5.32 Å². The molecule has 18 heavy (non-hydrogen) atoms. The van der Waals surface area contributed by atoms with Crippen LogP contribution in [0.4, 0.5) is 10.2 Å². The molecule has 90 valence electrons. The Hall–Kier alpha value is -2.48. The second-order valence-corrected chi connectivity index (χ2v) is 3.89. The van der Waals surface area contributed by atoms with Crippen LogP contribution in [0.1, 0.15) is 16.7 Å². The van der Waals surface area contributed by atoms with Gasteiger partial charge in [-0.25, -0.2) is 4.39 Å². The van der Waals surface area contributed by atoms with Gasteiger partial charge in [-0.05, 0) is 30.7 Å². The third-order valence-electron chi connectivity index (χ3n) is 2.43. The van der Waals surface area contributed by atoms with Gasteiger partial charge in [-0.3, -0.25) is 0 Å². The number of anilines is 1. The molecule has 4 nitrogen and oxygen atoms in total. The first-order valence-electron chi connectivity index (χ1n) is 5.41. The molecular formula is C13H11FN4. The average Bonchev–Trinajstić information content (AvgIpc) is 2.37. The molecule has 0 unspecified atom stereocenters. The minimum atomic E-state index is -0.401. The van der Waals surface area contributed by atoms with Crippen molar-refractivity contribution in [3.05, 3.63) is 53.0 Å². The van der Waals surface area contributed by atoms with Crippen LogP contribution in [0.5, 0.6) is 0 Å². The average molecular weight is 242 g/mol.